The molecule has 1 N–H and O–H groups in total. The third-order valence-corrected chi connectivity index (χ3v) is 5.11. The van der Waals surface area contributed by atoms with Gasteiger partial charge in [0.1, 0.15) is 0 Å². The van der Waals surface area contributed by atoms with Crippen LogP contribution in [0.2, 0.25) is 0 Å². The number of carbonyl (C=O) groups is 1. The number of aromatic nitrogens is 2. The minimum absolute atomic E-state index is 0.0178. The molecule has 1 aliphatic carbocycles. The third kappa shape index (κ3) is 4.01. The average molecular weight is 316 g/mol. The van der Waals surface area contributed by atoms with Crippen LogP contribution in [0.4, 0.5) is 5.95 Å². The van der Waals surface area contributed by atoms with Gasteiger partial charge in [0.2, 0.25) is 5.95 Å². The van der Waals surface area contributed by atoms with Crippen molar-refractivity contribution in [2.45, 2.75) is 64.8 Å². The van der Waals surface area contributed by atoms with E-state index < -0.39 is 0 Å². The van der Waals surface area contributed by atoms with Gasteiger partial charge in [-0.15, -0.1) is 0 Å². The Morgan fingerprint density at radius 2 is 1.96 bits per heavy atom. The Balaban J connectivity index is 1.66. The summed E-state index contributed by atoms with van der Waals surface area (Å²) >= 11 is 0. The van der Waals surface area contributed by atoms with Crippen molar-refractivity contribution in [3.8, 4) is 0 Å². The van der Waals surface area contributed by atoms with Crippen molar-refractivity contribution in [1.82, 2.24) is 15.3 Å². The van der Waals surface area contributed by atoms with Gasteiger partial charge in [0.05, 0.1) is 11.3 Å². The minimum atomic E-state index is -0.0178. The third-order valence-electron chi connectivity index (χ3n) is 5.11. The summed E-state index contributed by atoms with van der Waals surface area (Å²) in [7, 11) is 0. The Hall–Kier alpha value is -1.65. The first-order valence-electron chi connectivity index (χ1n) is 9.03. The molecule has 2 fully saturated rings. The molecule has 126 valence electrons. The van der Waals surface area contributed by atoms with Crippen LogP contribution in [0.1, 0.15) is 67.9 Å². The number of carbonyl (C=O) groups excluding carboxylic acids is 1. The summed E-state index contributed by atoms with van der Waals surface area (Å²) < 4.78 is 0. The van der Waals surface area contributed by atoms with Gasteiger partial charge >= 0.3 is 0 Å². The molecule has 2 aliphatic rings. The van der Waals surface area contributed by atoms with E-state index in [1.54, 1.807) is 6.20 Å². The van der Waals surface area contributed by atoms with Crippen molar-refractivity contribution < 1.29 is 4.79 Å². The summed E-state index contributed by atoms with van der Waals surface area (Å²) in [6, 6.07) is 0.309. The molecule has 1 unspecified atom stereocenters. The van der Waals surface area contributed by atoms with Gasteiger partial charge in [-0.1, -0.05) is 32.6 Å². The summed E-state index contributed by atoms with van der Waals surface area (Å²) in [6.07, 6.45) is 10.1. The number of hydrogen-bond acceptors (Lipinski definition) is 4. The molecule has 0 spiro atoms. The van der Waals surface area contributed by atoms with Gasteiger partial charge in [-0.3, -0.25) is 4.79 Å². The van der Waals surface area contributed by atoms with Crippen LogP contribution in [0, 0.1) is 12.8 Å². The highest BCUT2D eigenvalue weighted by Gasteiger charge is 2.23. The zero-order valence-electron chi connectivity index (χ0n) is 14.3. The van der Waals surface area contributed by atoms with Gasteiger partial charge < -0.3 is 10.2 Å². The van der Waals surface area contributed by atoms with E-state index in [2.05, 4.69) is 27.1 Å². The lowest BCUT2D eigenvalue weighted by Crippen LogP contribution is -2.35. The fourth-order valence-corrected chi connectivity index (χ4v) is 3.63. The monoisotopic (exact) mass is 316 g/mol. The second-order valence-corrected chi connectivity index (χ2v) is 7.17. The maximum Gasteiger partial charge on any atom is 0.254 e. The van der Waals surface area contributed by atoms with E-state index in [-0.39, 0.29) is 5.91 Å². The van der Waals surface area contributed by atoms with Crippen molar-refractivity contribution >= 4 is 11.9 Å². The van der Waals surface area contributed by atoms with Gasteiger partial charge in [0.25, 0.3) is 5.91 Å². The van der Waals surface area contributed by atoms with Crippen LogP contribution < -0.4 is 10.2 Å². The number of nitrogens with one attached hydrogen (secondary N) is 1. The lowest BCUT2D eigenvalue weighted by molar-refractivity contribution is 0.0932. The molecule has 0 aromatic carbocycles. The predicted molar refractivity (Wildman–Crippen MR) is 91.7 cm³/mol. The maximum absolute atomic E-state index is 12.5. The van der Waals surface area contributed by atoms with Crippen LogP contribution >= 0.6 is 0 Å². The Bertz CT molecular complexity index is 552. The smallest absolute Gasteiger partial charge is 0.254 e. The largest absolute Gasteiger partial charge is 0.349 e. The van der Waals surface area contributed by atoms with Gasteiger partial charge in [-0.25, -0.2) is 9.97 Å². The minimum Gasteiger partial charge on any atom is -0.349 e. The van der Waals surface area contributed by atoms with Crippen molar-refractivity contribution in [2.24, 2.45) is 5.92 Å². The molecule has 3 rings (SSSR count). The number of amides is 1. The van der Waals surface area contributed by atoms with Crippen molar-refractivity contribution in [2.75, 3.05) is 18.0 Å². The quantitative estimate of drug-likeness (QED) is 0.871. The van der Waals surface area contributed by atoms with Crippen LogP contribution in [0.5, 0.6) is 0 Å². The molecule has 1 aromatic rings. The molecule has 2 heterocycles. The van der Waals surface area contributed by atoms with Crippen LogP contribution in [-0.2, 0) is 0 Å². The molecule has 1 aromatic heterocycles. The topological polar surface area (TPSA) is 58.1 Å². The highest BCUT2D eigenvalue weighted by Crippen LogP contribution is 2.21. The van der Waals surface area contributed by atoms with E-state index in [9.17, 15) is 4.79 Å². The van der Waals surface area contributed by atoms with Gasteiger partial charge in [-0.2, -0.15) is 0 Å². The van der Waals surface area contributed by atoms with Crippen LogP contribution in [-0.4, -0.2) is 35.0 Å². The Labute approximate surface area is 138 Å². The molecule has 5 heteroatoms. The first kappa shape index (κ1) is 16.2. The first-order chi connectivity index (χ1) is 11.1. The maximum atomic E-state index is 12.5. The molecule has 1 amide bonds. The highest BCUT2D eigenvalue weighted by molar-refractivity contribution is 5.95. The van der Waals surface area contributed by atoms with Gasteiger partial charge in [0.15, 0.2) is 0 Å². The number of nitrogens with zero attached hydrogens (tertiary/aromatic N) is 3. The molecule has 0 radical (unpaired) electrons. The van der Waals surface area contributed by atoms with Crippen LogP contribution in [0.3, 0.4) is 0 Å². The second kappa shape index (κ2) is 7.28. The summed E-state index contributed by atoms with van der Waals surface area (Å²) in [5, 5.41) is 3.18. The molecular formula is C18H28N4O. The van der Waals surface area contributed by atoms with E-state index >= 15 is 0 Å². The zero-order valence-corrected chi connectivity index (χ0v) is 14.3. The van der Waals surface area contributed by atoms with Crippen LogP contribution in [0.15, 0.2) is 6.20 Å². The lowest BCUT2D eigenvalue weighted by Gasteiger charge is -2.19. The van der Waals surface area contributed by atoms with E-state index in [1.807, 2.05) is 6.92 Å². The Morgan fingerprint density at radius 1 is 1.22 bits per heavy atom. The molecule has 23 heavy (non-hydrogen) atoms. The van der Waals surface area contributed by atoms with E-state index in [4.69, 9.17) is 0 Å². The zero-order chi connectivity index (χ0) is 16.2. The molecular weight excluding hydrogens is 288 g/mol. The standard InChI is InChI=1S/C18H28N4O/c1-13-9-10-22(12-13)18-19-11-16(14(2)20-18)17(23)21-15-7-5-3-4-6-8-15/h11,13,15H,3-10,12H2,1-2H3,(H,21,23). The van der Waals surface area contributed by atoms with Gasteiger partial charge in [-0.05, 0) is 32.1 Å². The average Bonchev–Trinajstić information content (AvgIpc) is 2.80. The summed E-state index contributed by atoms with van der Waals surface area (Å²) in [5.41, 5.74) is 1.39. The van der Waals surface area contributed by atoms with Crippen molar-refractivity contribution in [3.63, 3.8) is 0 Å². The Morgan fingerprint density at radius 3 is 2.57 bits per heavy atom. The number of aryl methyl sites for hydroxylation is 1. The van der Waals surface area contributed by atoms with E-state index in [0.29, 0.717) is 17.5 Å². The van der Waals surface area contributed by atoms with E-state index in [1.165, 1.54) is 32.1 Å². The Kier molecular flexibility index (Phi) is 5.13. The summed E-state index contributed by atoms with van der Waals surface area (Å²) in [5.74, 6) is 1.44. The molecule has 0 bridgehead atoms. The molecule has 1 saturated carbocycles. The molecule has 5 nitrogen and oxygen atoms in total. The summed E-state index contributed by atoms with van der Waals surface area (Å²) in [6.45, 7) is 6.18. The number of anilines is 1. The summed E-state index contributed by atoms with van der Waals surface area (Å²) in [4.78, 5) is 23.8. The highest BCUT2D eigenvalue weighted by atomic mass is 16.1. The van der Waals surface area contributed by atoms with Gasteiger partial charge in [0, 0.05) is 25.3 Å². The molecule has 1 saturated heterocycles. The fraction of sp³-hybridized carbons (Fsp3) is 0.722. The molecule has 1 atom stereocenters. The SMILES string of the molecule is Cc1nc(N2CCC(C)C2)ncc1C(=O)NC1CCCCCC1. The van der Waals surface area contributed by atoms with E-state index in [0.717, 1.165) is 37.6 Å². The van der Waals surface area contributed by atoms with Crippen molar-refractivity contribution in [3.05, 3.63) is 17.5 Å². The molecule has 1 aliphatic heterocycles. The second-order valence-electron chi connectivity index (χ2n) is 7.17. The number of rotatable bonds is 3. The predicted octanol–water partition coefficient (Wildman–Crippen LogP) is 3.08. The fourth-order valence-electron chi connectivity index (χ4n) is 3.63. The normalized spacial score (nSPS) is 22.9. The first-order valence-corrected chi connectivity index (χ1v) is 9.03. The number of hydrogen-bond donors (Lipinski definition) is 1. The van der Waals surface area contributed by atoms with Crippen molar-refractivity contribution in [1.29, 1.82) is 0 Å². The van der Waals surface area contributed by atoms with Crippen LogP contribution in [0.25, 0.3) is 0 Å². The lowest BCUT2D eigenvalue weighted by atomic mass is 10.1.